The Hall–Kier alpha value is -0.300. The zero-order chi connectivity index (χ0) is 26.5. The van der Waals surface area contributed by atoms with Crippen LogP contribution in [0.3, 0.4) is 0 Å². The highest BCUT2D eigenvalue weighted by atomic mass is 32.1. The largest absolute Gasteiger partial charge is 0.148 e. The lowest BCUT2D eigenvalue weighted by Crippen LogP contribution is -2.21. The number of hydrogen-bond acceptors (Lipinski definition) is 1. The first-order chi connectivity index (χ1) is 17.3. The third-order valence-corrected chi connectivity index (χ3v) is 9.81. The van der Waals surface area contributed by atoms with E-state index in [2.05, 4.69) is 53.0 Å². The Labute approximate surface area is 232 Å². The lowest BCUT2D eigenvalue weighted by atomic mass is 9.74. The van der Waals surface area contributed by atoms with Gasteiger partial charge in [-0.3, -0.25) is 0 Å². The molecule has 1 heterocycles. The van der Waals surface area contributed by atoms with Gasteiger partial charge in [-0.25, -0.2) is 0 Å². The number of rotatable bonds is 24. The van der Waals surface area contributed by atoms with Gasteiger partial charge in [0.1, 0.15) is 0 Å². The molecule has 1 atom stereocenters. The van der Waals surface area contributed by atoms with Crippen LogP contribution in [0.25, 0.3) is 0 Å². The normalized spacial score (nSPS) is 13.8. The second-order valence-electron chi connectivity index (χ2n) is 13.2. The van der Waals surface area contributed by atoms with Gasteiger partial charge in [-0.15, -0.1) is 11.3 Å². The highest BCUT2D eigenvalue weighted by molar-refractivity contribution is 7.10. The van der Waals surface area contributed by atoms with Crippen molar-refractivity contribution >= 4 is 11.3 Å². The summed E-state index contributed by atoms with van der Waals surface area (Å²) < 4.78 is 0. The van der Waals surface area contributed by atoms with Crippen LogP contribution in [0.1, 0.15) is 200 Å². The van der Waals surface area contributed by atoms with Gasteiger partial charge in [0.25, 0.3) is 0 Å². The summed E-state index contributed by atoms with van der Waals surface area (Å²) in [5.41, 5.74) is 2.29. The van der Waals surface area contributed by atoms with Crippen LogP contribution in [0, 0.1) is 0 Å². The molecular formula is C35H66S. The molecule has 212 valence electrons. The summed E-state index contributed by atoms with van der Waals surface area (Å²) in [6.07, 6.45) is 33.0. The topological polar surface area (TPSA) is 0 Å². The van der Waals surface area contributed by atoms with Crippen molar-refractivity contribution in [1.29, 1.82) is 0 Å². The average Bonchev–Trinajstić information content (AvgIpc) is 3.36. The molecule has 0 aliphatic heterocycles. The minimum Gasteiger partial charge on any atom is -0.148 e. The smallest absolute Gasteiger partial charge is 0.0102 e. The third kappa shape index (κ3) is 15.8. The first-order valence-electron chi connectivity index (χ1n) is 16.4. The highest BCUT2D eigenvalue weighted by Gasteiger charge is 2.28. The van der Waals surface area contributed by atoms with E-state index in [0.717, 1.165) is 0 Å². The Morgan fingerprint density at radius 2 is 0.833 bits per heavy atom. The van der Waals surface area contributed by atoms with Gasteiger partial charge in [0.05, 0.1) is 0 Å². The zero-order valence-electron chi connectivity index (χ0n) is 25.8. The first-order valence-corrected chi connectivity index (χ1v) is 17.3. The average molecular weight is 519 g/mol. The standard InChI is InChI=1S/C35H66S/c1-7-9-11-13-15-16-17-18-19-20-21-22-23-25-27-29-35(6,28-26-24-14-12-10-8-2)32-30-33(36-31-32)34(3,4)5/h30-31H,7-29H2,1-6H3. The predicted octanol–water partition coefficient (Wildman–Crippen LogP) is 13.3. The molecule has 0 bridgehead atoms. The summed E-state index contributed by atoms with van der Waals surface area (Å²) in [5.74, 6) is 0. The van der Waals surface area contributed by atoms with E-state index in [9.17, 15) is 0 Å². The van der Waals surface area contributed by atoms with Crippen LogP contribution in [0.15, 0.2) is 11.4 Å². The molecule has 0 amide bonds. The van der Waals surface area contributed by atoms with Crippen molar-refractivity contribution in [2.75, 3.05) is 0 Å². The van der Waals surface area contributed by atoms with Crippen LogP contribution >= 0.6 is 11.3 Å². The summed E-state index contributed by atoms with van der Waals surface area (Å²) >= 11 is 2.00. The van der Waals surface area contributed by atoms with Gasteiger partial charge < -0.3 is 0 Å². The van der Waals surface area contributed by atoms with Crippen molar-refractivity contribution in [3.8, 4) is 0 Å². The maximum atomic E-state index is 2.58. The highest BCUT2D eigenvalue weighted by Crippen LogP contribution is 2.40. The van der Waals surface area contributed by atoms with Gasteiger partial charge in [-0.1, -0.05) is 176 Å². The van der Waals surface area contributed by atoms with E-state index < -0.39 is 0 Å². The van der Waals surface area contributed by atoms with Crippen molar-refractivity contribution in [3.05, 3.63) is 21.9 Å². The van der Waals surface area contributed by atoms with E-state index >= 15 is 0 Å². The molecule has 0 aliphatic rings. The van der Waals surface area contributed by atoms with E-state index in [0.29, 0.717) is 5.41 Å². The van der Waals surface area contributed by atoms with E-state index in [1.54, 1.807) is 10.4 Å². The minimum atomic E-state index is 0.276. The van der Waals surface area contributed by atoms with Gasteiger partial charge in [-0.05, 0) is 40.7 Å². The molecule has 0 N–H and O–H groups in total. The van der Waals surface area contributed by atoms with E-state index in [1.807, 2.05) is 11.3 Å². The number of hydrogen-bond donors (Lipinski definition) is 0. The Morgan fingerprint density at radius 1 is 0.500 bits per heavy atom. The molecule has 1 heteroatoms. The number of unbranched alkanes of at least 4 members (excludes halogenated alkanes) is 19. The second-order valence-corrected chi connectivity index (χ2v) is 14.1. The molecule has 0 saturated heterocycles. The van der Waals surface area contributed by atoms with E-state index in [4.69, 9.17) is 0 Å². The van der Waals surface area contributed by atoms with E-state index in [-0.39, 0.29) is 5.41 Å². The fourth-order valence-electron chi connectivity index (χ4n) is 5.64. The maximum absolute atomic E-state index is 2.58. The molecule has 0 fully saturated rings. The summed E-state index contributed by atoms with van der Waals surface area (Å²) in [6.45, 7) is 14.3. The summed E-state index contributed by atoms with van der Waals surface area (Å²) in [4.78, 5) is 1.56. The van der Waals surface area contributed by atoms with Gasteiger partial charge >= 0.3 is 0 Å². The lowest BCUT2D eigenvalue weighted by molar-refractivity contribution is 0.362. The van der Waals surface area contributed by atoms with Gasteiger partial charge in [0, 0.05) is 4.88 Å². The molecular weight excluding hydrogens is 452 g/mol. The van der Waals surface area contributed by atoms with Crippen LogP contribution in [0.5, 0.6) is 0 Å². The fourth-order valence-corrected chi connectivity index (χ4v) is 6.80. The Balaban J connectivity index is 2.26. The Bertz CT molecular complexity index is 606. The summed E-state index contributed by atoms with van der Waals surface area (Å²) in [7, 11) is 0. The van der Waals surface area contributed by atoms with Crippen molar-refractivity contribution in [2.24, 2.45) is 0 Å². The molecule has 0 radical (unpaired) electrons. The fraction of sp³-hybridized carbons (Fsp3) is 0.886. The quantitative estimate of drug-likeness (QED) is 0.119. The van der Waals surface area contributed by atoms with Crippen molar-refractivity contribution < 1.29 is 0 Å². The van der Waals surface area contributed by atoms with Crippen LogP contribution in [0.2, 0.25) is 0 Å². The molecule has 1 rings (SSSR count). The van der Waals surface area contributed by atoms with Crippen LogP contribution in [-0.4, -0.2) is 0 Å². The van der Waals surface area contributed by atoms with Crippen LogP contribution in [-0.2, 0) is 10.8 Å². The molecule has 1 aromatic heterocycles. The molecule has 36 heavy (non-hydrogen) atoms. The Kier molecular flexibility index (Phi) is 19.3. The van der Waals surface area contributed by atoms with Crippen molar-refractivity contribution in [2.45, 2.75) is 200 Å². The monoisotopic (exact) mass is 518 g/mol. The van der Waals surface area contributed by atoms with Crippen molar-refractivity contribution in [3.63, 3.8) is 0 Å². The minimum absolute atomic E-state index is 0.276. The third-order valence-electron chi connectivity index (χ3n) is 8.45. The zero-order valence-corrected chi connectivity index (χ0v) is 26.6. The summed E-state index contributed by atoms with van der Waals surface area (Å²) in [6, 6.07) is 2.56. The molecule has 1 unspecified atom stereocenters. The van der Waals surface area contributed by atoms with Gasteiger partial charge in [0.2, 0.25) is 0 Å². The van der Waals surface area contributed by atoms with Gasteiger partial charge in [0.15, 0.2) is 0 Å². The molecule has 0 saturated carbocycles. The van der Waals surface area contributed by atoms with Crippen molar-refractivity contribution in [1.82, 2.24) is 0 Å². The van der Waals surface area contributed by atoms with Gasteiger partial charge in [-0.2, -0.15) is 0 Å². The van der Waals surface area contributed by atoms with E-state index in [1.165, 1.54) is 148 Å². The molecule has 0 aliphatic carbocycles. The SMILES string of the molecule is CCCCCCCCCCCCCCCCCC(C)(CCCCCCCC)c1csc(C(C)(C)C)c1. The second kappa shape index (κ2) is 20.6. The maximum Gasteiger partial charge on any atom is 0.0102 e. The number of thiophene rings is 1. The predicted molar refractivity (Wildman–Crippen MR) is 168 cm³/mol. The summed E-state index contributed by atoms with van der Waals surface area (Å²) in [5, 5.41) is 2.50. The molecule has 0 spiro atoms. The Morgan fingerprint density at radius 3 is 1.14 bits per heavy atom. The van der Waals surface area contributed by atoms with Crippen LogP contribution < -0.4 is 0 Å². The molecule has 1 aromatic rings. The molecule has 0 aromatic carbocycles. The van der Waals surface area contributed by atoms with Crippen LogP contribution in [0.4, 0.5) is 0 Å². The first kappa shape index (κ1) is 33.7. The molecule has 0 nitrogen and oxygen atoms in total. The lowest BCUT2D eigenvalue weighted by Gasteiger charge is -2.30.